The van der Waals surface area contributed by atoms with E-state index in [4.69, 9.17) is 56.8 Å². The van der Waals surface area contributed by atoms with E-state index in [1.807, 2.05) is 0 Å². The number of aliphatic hydroxyl groups excluding tert-OH is 3. The summed E-state index contributed by atoms with van der Waals surface area (Å²) in [4.78, 5) is 98.2. The maximum Gasteiger partial charge on any atom is 0.303 e. The lowest BCUT2D eigenvalue weighted by molar-refractivity contribution is -0.374. The summed E-state index contributed by atoms with van der Waals surface area (Å²) < 4.78 is 67.6. The van der Waals surface area contributed by atoms with E-state index in [-0.39, 0.29) is 0 Å². The van der Waals surface area contributed by atoms with Gasteiger partial charge in [-0.15, -0.1) is 0 Å². The number of esters is 7. The first-order chi connectivity index (χ1) is 27.1. The summed E-state index contributed by atoms with van der Waals surface area (Å²) in [6, 6.07) is -1.53. The number of hydrogen-bond acceptors (Lipinski definition) is 23. The Kier molecular flexibility index (Phi) is 17.7. The van der Waals surface area contributed by atoms with Gasteiger partial charge in [0.15, 0.2) is 49.4 Å². The van der Waals surface area contributed by atoms with Gasteiger partial charge in [-0.05, 0) is 0 Å². The van der Waals surface area contributed by atoms with Gasteiger partial charge >= 0.3 is 41.8 Å². The van der Waals surface area contributed by atoms with Crippen LogP contribution in [-0.4, -0.2) is 175 Å². The van der Waals surface area contributed by atoms with Gasteiger partial charge in [0.2, 0.25) is 5.91 Å². The third kappa shape index (κ3) is 13.2. The molecule has 0 aromatic heterocycles. The quantitative estimate of drug-likeness (QED) is 0.0921. The Morgan fingerprint density at radius 2 is 0.862 bits per heavy atom. The van der Waals surface area contributed by atoms with Gasteiger partial charge in [0, 0.05) is 55.4 Å². The van der Waals surface area contributed by atoms with E-state index in [0.717, 1.165) is 55.4 Å². The second-order valence-corrected chi connectivity index (χ2v) is 13.2. The highest BCUT2D eigenvalue weighted by Gasteiger charge is 2.59. The molecule has 0 spiro atoms. The normalized spacial score (nSPS) is 34.6. The van der Waals surface area contributed by atoms with E-state index in [0.29, 0.717) is 0 Å². The average molecular weight is 840 g/mol. The highest BCUT2D eigenvalue weighted by molar-refractivity contribution is 5.73. The minimum atomic E-state index is -1.94. The molecule has 328 valence electrons. The zero-order chi connectivity index (χ0) is 43.6. The molecule has 3 rings (SSSR count). The maximum atomic E-state index is 12.7. The maximum absolute atomic E-state index is 12.7. The molecule has 0 unspecified atom stereocenters. The summed E-state index contributed by atoms with van der Waals surface area (Å²) in [7, 11) is 0. The van der Waals surface area contributed by atoms with E-state index in [9.17, 15) is 53.7 Å². The zero-order valence-electron chi connectivity index (χ0n) is 32.8. The van der Waals surface area contributed by atoms with E-state index in [1.54, 1.807) is 0 Å². The number of carbonyl (C=O) groups is 8. The monoisotopic (exact) mass is 839 g/mol. The Hall–Kier alpha value is -4.56. The van der Waals surface area contributed by atoms with Crippen molar-refractivity contribution in [1.82, 2.24) is 5.32 Å². The highest BCUT2D eigenvalue weighted by Crippen LogP contribution is 2.37. The van der Waals surface area contributed by atoms with Crippen molar-refractivity contribution in [1.29, 1.82) is 0 Å². The largest absolute Gasteiger partial charge is 0.463 e. The average Bonchev–Trinajstić information content (AvgIpc) is 3.09. The van der Waals surface area contributed by atoms with Crippen LogP contribution >= 0.6 is 0 Å². The first kappa shape index (κ1) is 47.8. The van der Waals surface area contributed by atoms with Gasteiger partial charge in [0.25, 0.3) is 0 Å². The molecule has 0 bridgehead atoms. The van der Waals surface area contributed by atoms with Gasteiger partial charge in [0.1, 0.15) is 55.9 Å². The molecule has 24 nitrogen and oxygen atoms in total. The topological polar surface area (TPSA) is 320 Å². The number of ether oxygens (including phenoxy) is 12. The van der Waals surface area contributed by atoms with Crippen LogP contribution in [-0.2, 0) is 95.2 Å². The Balaban J connectivity index is 2.19. The van der Waals surface area contributed by atoms with Gasteiger partial charge in [0.05, 0.1) is 6.61 Å². The molecule has 3 heterocycles. The molecular formula is C34H49NO23. The molecule has 0 aliphatic carbocycles. The molecule has 24 heteroatoms. The van der Waals surface area contributed by atoms with Crippen LogP contribution in [0.25, 0.3) is 0 Å². The summed E-state index contributed by atoms with van der Waals surface area (Å²) in [5.41, 5.74) is 0. The molecule has 0 radical (unpaired) electrons. The van der Waals surface area contributed by atoms with E-state index >= 15 is 0 Å². The predicted octanol–water partition coefficient (Wildman–Crippen LogP) is -3.43. The summed E-state index contributed by atoms with van der Waals surface area (Å²) in [5, 5.41) is 34.1. The number of carbonyl (C=O) groups excluding carboxylic acids is 8. The van der Waals surface area contributed by atoms with Gasteiger partial charge in [-0.25, -0.2) is 0 Å². The van der Waals surface area contributed by atoms with Crippen molar-refractivity contribution in [3.8, 4) is 0 Å². The first-order valence-electron chi connectivity index (χ1n) is 17.8. The lowest BCUT2D eigenvalue weighted by Crippen LogP contribution is -2.69. The molecule has 0 saturated carbocycles. The molecule has 3 fully saturated rings. The molecular weight excluding hydrogens is 790 g/mol. The zero-order valence-corrected chi connectivity index (χ0v) is 32.8. The number of nitrogens with one attached hydrogen (secondary N) is 1. The summed E-state index contributed by atoms with van der Waals surface area (Å²) in [5.74, 6) is -7.27. The summed E-state index contributed by atoms with van der Waals surface area (Å²) in [6.07, 6.45) is -24.5. The fourth-order valence-corrected chi connectivity index (χ4v) is 6.38. The van der Waals surface area contributed by atoms with Gasteiger partial charge < -0.3 is 77.5 Å². The SMILES string of the molecule is CC(=O)N[C@@H]1[C@@H](O)[C@H](O[C@@H]2O[C@H](COC(C)=O)[C@H](O[C@H]3O[C@H](COC(C)=O)[C@H](OC(C)=O)[C@H](OC(C)=O)[C@H]3OC(C)=O)[C@H](OC(C)=O)[C@H]2OC(C)=O)[C@@H](CO)O[C@H]1O. The van der Waals surface area contributed by atoms with E-state index < -0.39 is 160 Å². The van der Waals surface area contributed by atoms with Crippen LogP contribution in [0, 0.1) is 0 Å². The molecule has 4 N–H and O–H groups in total. The third-order valence-electron chi connectivity index (χ3n) is 8.42. The van der Waals surface area contributed by atoms with Crippen LogP contribution in [0.1, 0.15) is 55.4 Å². The van der Waals surface area contributed by atoms with Crippen molar-refractivity contribution in [2.24, 2.45) is 0 Å². The number of aliphatic hydroxyl groups is 3. The van der Waals surface area contributed by atoms with Crippen LogP contribution in [0.15, 0.2) is 0 Å². The van der Waals surface area contributed by atoms with E-state index in [1.165, 1.54) is 0 Å². The molecule has 0 aromatic carbocycles. The summed E-state index contributed by atoms with van der Waals surface area (Å²) in [6.45, 7) is 5.80. The fraction of sp³-hybridized carbons (Fsp3) is 0.765. The Morgan fingerprint density at radius 3 is 1.26 bits per heavy atom. The number of hydrogen-bond donors (Lipinski definition) is 4. The third-order valence-corrected chi connectivity index (χ3v) is 8.42. The highest BCUT2D eigenvalue weighted by atomic mass is 16.8. The Bertz CT molecular complexity index is 1510. The first-order valence-corrected chi connectivity index (χ1v) is 17.8. The molecule has 58 heavy (non-hydrogen) atoms. The van der Waals surface area contributed by atoms with Crippen molar-refractivity contribution in [2.75, 3.05) is 19.8 Å². The molecule has 3 aliphatic rings. The lowest BCUT2D eigenvalue weighted by Gasteiger charge is -2.50. The van der Waals surface area contributed by atoms with Crippen molar-refractivity contribution in [3.63, 3.8) is 0 Å². The van der Waals surface area contributed by atoms with E-state index in [2.05, 4.69) is 5.32 Å². The van der Waals surface area contributed by atoms with Crippen molar-refractivity contribution in [3.05, 3.63) is 0 Å². The van der Waals surface area contributed by atoms with Gasteiger partial charge in [-0.3, -0.25) is 38.4 Å². The van der Waals surface area contributed by atoms with Crippen LogP contribution in [0.3, 0.4) is 0 Å². The number of rotatable bonds is 15. The molecule has 0 aromatic rings. The van der Waals surface area contributed by atoms with Gasteiger partial charge in [-0.1, -0.05) is 0 Å². The molecule has 3 aliphatic heterocycles. The second-order valence-electron chi connectivity index (χ2n) is 13.2. The van der Waals surface area contributed by atoms with Crippen molar-refractivity contribution < 1.29 is 111 Å². The van der Waals surface area contributed by atoms with Crippen LogP contribution in [0.5, 0.6) is 0 Å². The minimum Gasteiger partial charge on any atom is -0.463 e. The van der Waals surface area contributed by atoms with Crippen LogP contribution in [0.4, 0.5) is 0 Å². The Labute approximate surface area is 330 Å². The molecule has 15 atom stereocenters. The Morgan fingerprint density at radius 1 is 0.483 bits per heavy atom. The standard InChI is InChI=1S/C34H49NO23/c1-12(37)35-23-24(45)25(20(9-36)54-32(23)46)57-33-31(53-19(8)44)29(51-17(6)42)27(22(56-33)11-48-14(3)39)58-34-30(52-18(7)43)28(50-16(5)41)26(49-15(4)40)21(55-34)10-47-13(2)38/h20-34,36,45-46H,9-11H2,1-8H3,(H,35,37)/t20-,21-,22-,23-,24-,25-,26+,27+,28+,29+,30-,31-,32-,33+,34-/m1/s1. The second kappa shape index (κ2) is 21.4. The van der Waals surface area contributed by atoms with Crippen molar-refractivity contribution in [2.45, 2.75) is 147 Å². The number of amides is 1. The van der Waals surface area contributed by atoms with Gasteiger partial charge in [-0.2, -0.15) is 0 Å². The van der Waals surface area contributed by atoms with Crippen molar-refractivity contribution >= 4 is 47.7 Å². The lowest BCUT2D eigenvalue weighted by atomic mass is 9.94. The fourth-order valence-electron chi connectivity index (χ4n) is 6.38. The van der Waals surface area contributed by atoms with Crippen LogP contribution < -0.4 is 5.32 Å². The molecule has 1 amide bonds. The predicted molar refractivity (Wildman–Crippen MR) is 180 cm³/mol. The minimum absolute atomic E-state index is 0.652. The summed E-state index contributed by atoms with van der Waals surface area (Å²) >= 11 is 0. The molecule has 3 saturated heterocycles. The smallest absolute Gasteiger partial charge is 0.303 e. The van der Waals surface area contributed by atoms with Crippen LogP contribution in [0.2, 0.25) is 0 Å².